The zero-order valence-corrected chi connectivity index (χ0v) is 13.1. The molecule has 0 amide bonds. The highest BCUT2D eigenvalue weighted by atomic mass is 35.5. The molecule has 0 saturated carbocycles. The van der Waals surface area contributed by atoms with Gasteiger partial charge in [0, 0.05) is 24.2 Å². The lowest BCUT2D eigenvalue weighted by Gasteiger charge is -2.16. The number of benzene rings is 1. The maximum atomic E-state index is 13.6. The number of anilines is 2. The lowest BCUT2D eigenvalue weighted by atomic mass is 10.3. The maximum absolute atomic E-state index is 13.6. The number of halogens is 2. The van der Waals surface area contributed by atoms with Crippen LogP contribution in [-0.2, 0) is 6.54 Å². The number of aromatic nitrogens is 1. The first-order chi connectivity index (χ1) is 9.65. The summed E-state index contributed by atoms with van der Waals surface area (Å²) in [7, 11) is 0. The Labute approximate surface area is 127 Å². The molecule has 1 N–H and O–H groups in total. The van der Waals surface area contributed by atoms with Crippen molar-refractivity contribution in [3.63, 3.8) is 0 Å². The minimum absolute atomic E-state index is 0.340. The number of nitrogens with one attached hydrogen (secondary N) is 1. The summed E-state index contributed by atoms with van der Waals surface area (Å²) in [6, 6.07) is 4.65. The molecule has 3 nitrogen and oxygen atoms in total. The van der Waals surface area contributed by atoms with Gasteiger partial charge in [0.05, 0.1) is 17.3 Å². The van der Waals surface area contributed by atoms with E-state index in [1.54, 1.807) is 23.5 Å². The van der Waals surface area contributed by atoms with Gasteiger partial charge in [-0.15, -0.1) is 11.3 Å². The van der Waals surface area contributed by atoms with Crippen molar-refractivity contribution in [2.24, 2.45) is 0 Å². The van der Waals surface area contributed by atoms with Crippen LogP contribution in [0.2, 0.25) is 5.02 Å². The predicted octanol–water partition coefficient (Wildman–Crippen LogP) is 4.39. The predicted molar refractivity (Wildman–Crippen MR) is 84.4 cm³/mol. The van der Waals surface area contributed by atoms with Crippen LogP contribution in [0.1, 0.15) is 18.7 Å². The van der Waals surface area contributed by atoms with Crippen molar-refractivity contribution in [1.82, 2.24) is 4.98 Å². The SMILES string of the molecule is CCN(CC)c1ncc(CNc2c(F)cccc2Cl)s1. The molecule has 1 heterocycles. The Hall–Kier alpha value is -1.33. The zero-order chi connectivity index (χ0) is 14.5. The van der Waals surface area contributed by atoms with Crippen LogP contribution < -0.4 is 10.2 Å². The van der Waals surface area contributed by atoms with Gasteiger partial charge in [-0.25, -0.2) is 9.37 Å². The molecule has 108 valence electrons. The second-order valence-corrected chi connectivity index (χ2v) is 5.73. The average Bonchev–Trinajstić information content (AvgIpc) is 2.88. The number of para-hydroxylation sites is 1. The number of hydrogen-bond donors (Lipinski definition) is 1. The molecule has 6 heteroatoms. The van der Waals surface area contributed by atoms with E-state index in [2.05, 4.69) is 29.0 Å². The lowest BCUT2D eigenvalue weighted by Crippen LogP contribution is -2.21. The van der Waals surface area contributed by atoms with E-state index in [-0.39, 0.29) is 5.82 Å². The molecule has 0 atom stereocenters. The summed E-state index contributed by atoms with van der Waals surface area (Å²) in [5, 5.41) is 4.41. The van der Waals surface area contributed by atoms with Gasteiger partial charge < -0.3 is 10.2 Å². The van der Waals surface area contributed by atoms with Crippen LogP contribution in [0.4, 0.5) is 15.2 Å². The minimum Gasteiger partial charge on any atom is -0.377 e. The smallest absolute Gasteiger partial charge is 0.185 e. The first-order valence-electron chi connectivity index (χ1n) is 6.53. The van der Waals surface area contributed by atoms with Crippen molar-refractivity contribution >= 4 is 33.8 Å². The van der Waals surface area contributed by atoms with E-state index < -0.39 is 0 Å². The Morgan fingerprint density at radius 1 is 1.35 bits per heavy atom. The lowest BCUT2D eigenvalue weighted by molar-refractivity contribution is 0.630. The van der Waals surface area contributed by atoms with Crippen LogP contribution in [0, 0.1) is 5.82 Å². The summed E-state index contributed by atoms with van der Waals surface area (Å²) in [5.74, 6) is -0.342. The molecular weight excluding hydrogens is 297 g/mol. The third-order valence-electron chi connectivity index (χ3n) is 2.98. The number of nitrogens with zero attached hydrogens (tertiary/aromatic N) is 2. The molecule has 2 rings (SSSR count). The quantitative estimate of drug-likeness (QED) is 0.857. The molecular formula is C14H17ClFN3S. The van der Waals surface area contributed by atoms with E-state index in [1.807, 2.05) is 6.20 Å². The van der Waals surface area contributed by atoms with Gasteiger partial charge in [0.1, 0.15) is 5.82 Å². The molecule has 0 bridgehead atoms. The second-order valence-electron chi connectivity index (χ2n) is 4.23. The number of thiazole rings is 1. The average molecular weight is 314 g/mol. The third kappa shape index (κ3) is 3.41. The zero-order valence-electron chi connectivity index (χ0n) is 11.5. The van der Waals surface area contributed by atoms with Gasteiger partial charge in [-0.05, 0) is 26.0 Å². The fourth-order valence-electron chi connectivity index (χ4n) is 1.86. The molecule has 2 aromatic rings. The van der Waals surface area contributed by atoms with E-state index in [4.69, 9.17) is 11.6 Å². The highest BCUT2D eigenvalue weighted by molar-refractivity contribution is 7.15. The van der Waals surface area contributed by atoms with Gasteiger partial charge >= 0.3 is 0 Å². The van der Waals surface area contributed by atoms with Crippen molar-refractivity contribution < 1.29 is 4.39 Å². The normalized spacial score (nSPS) is 10.6. The Bertz CT molecular complexity index is 549. The van der Waals surface area contributed by atoms with Gasteiger partial charge in [0.15, 0.2) is 5.13 Å². The van der Waals surface area contributed by atoms with Crippen molar-refractivity contribution in [2.45, 2.75) is 20.4 Å². The van der Waals surface area contributed by atoms with E-state index in [0.717, 1.165) is 23.1 Å². The first-order valence-corrected chi connectivity index (χ1v) is 7.72. The first kappa shape index (κ1) is 15.1. The van der Waals surface area contributed by atoms with Crippen LogP contribution in [0.25, 0.3) is 0 Å². The molecule has 0 spiro atoms. The van der Waals surface area contributed by atoms with Crippen molar-refractivity contribution in [1.29, 1.82) is 0 Å². The minimum atomic E-state index is -0.342. The number of rotatable bonds is 6. The van der Waals surface area contributed by atoms with Crippen molar-refractivity contribution in [2.75, 3.05) is 23.3 Å². The standard InChI is InChI=1S/C14H17ClFN3S/c1-3-19(4-2)14-18-9-10(20-14)8-17-13-11(15)6-5-7-12(13)16/h5-7,9,17H,3-4,8H2,1-2H3. The van der Waals surface area contributed by atoms with Gasteiger partial charge in [0.25, 0.3) is 0 Å². The Kier molecular flexibility index (Phi) is 5.20. The van der Waals surface area contributed by atoms with E-state index in [9.17, 15) is 4.39 Å². The topological polar surface area (TPSA) is 28.2 Å². The number of hydrogen-bond acceptors (Lipinski definition) is 4. The van der Waals surface area contributed by atoms with Crippen LogP contribution in [0.3, 0.4) is 0 Å². The van der Waals surface area contributed by atoms with Crippen molar-refractivity contribution in [3.05, 3.63) is 40.1 Å². The Morgan fingerprint density at radius 2 is 2.10 bits per heavy atom. The molecule has 0 aliphatic rings. The summed E-state index contributed by atoms with van der Waals surface area (Å²) in [4.78, 5) is 7.63. The van der Waals surface area contributed by atoms with Gasteiger partial charge in [-0.3, -0.25) is 0 Å². The monoisotopic (exact) mass is 313 g/mol. The molecule has 0 aliphatic heterocycles. The molecule has 0 saturated heterocycles. The summed E-state index contributed by atoms with van der Waals surface area (Å²) in [5.41, 5.74) is 0.340. The summed E-state index contributed by atoms with van der Waals surface area (Å²) >= 11 is 7.58. The molecule has 0 radical (unpaired) electrons. The van der Waals surface area contributed by atoms with Crippen molar-refractivity contribution in [3.8, 4) is 0 Å². The highest BCUT2D eigenvalue weighted by Crippen LogP contribution is 2.27. The summed E-state index contributed by atoms with van der Waals surface area (Å²) in [6.07, 6.45) is 1.82. The Balaban J connectivity index is 2.05. The largest absolute Gasteiger partial charge is 0.377 e. The molecule has 1 aromatic carbocycles. The molecule has 0 aliphatic carbocycles. The van der Waals surface area contributed by atoms with Gasteiger partial charge in [-0.1, -0.05) is 17.7 Å². The van der Waals surface area contributed by atoms with Crippen LogP contribution in [-0.4, -0.2) is 18.1 Å². The molecule has 0 unspecified atom stereocenters. The molecule has 1 aromatic heterocycles. The van der Waals surface area contributed by atoms with Crippen LogP contribution in [0.5, 0.6) is 0 Å². The van der Waals surface area contributed by atoms with Crippen LogP contribution >= 0.6 is 22.9 Å². The maximum Gasteiger partial charge on any atom is 0.185 e. The second kappa shape index (κ2) is 6.90. The highest BCUT2D eigenvalue weighted by Gasteiger charge is 2.10. The molecule has 20 heavy (non-hydrogen) atoms. The van der Waals surface area contributed by atoms with Crippen LogP contribution in [0.15, 0.2) is 24.4 Å². The third-order valence-corrected chi connectivity index (χ3v) is 4.35. The molecule has 0 fully saturated rings. The van der Waals surface area contributed by atoms with Gasteiger partial charge in [-0.2, -0.15) is 0 Å². The van der Waals surface area contributed by atoms with E-state index >= 15 is 0 Å². The van der Waals surface area contributed by atoms with E-state index in [1.165, 1.54) is 6.07 Å². The summed E-state index contributed by atoms with van der Waals surface area (Å²) in [6.45, 7) is 6.56. The van der Waals surface area contributed by atoms with E-state index in [0.29, 0.717) is 17.3 Å². The Morgan fingerprint density at radius 3 is 2.75 bits per heavy atom. The fraction of sp³-hybridized carbons (Fsp3) is 0.357. The fourth-order valence-corrected chi connectivity index (χ4v) is 3.07. The van der Waals surface area contributed by atoms with Gasteiger partial charge in [0.2, 0.25) is 0 Å². The summed E-state index contributed by atoms with van der Waals surface area (Å²) < 4.78 is 13.6.